The predicted octanol–water partition coefficient (Wildman–Crippen LogP) is 6.20. The minimum atomic E-state index is -1.49. The number of ether oxygens (including phenoxy) is 1. The van der Waals surface area contributed by atoms with E-state index in [-0.39, 0.29) is 0 Å². The molecule has 0 bridgehead atoms. The van der Waals surface area contributed by atoms with Gasteiger partial charge in [0.1, 0.15) is 13.7 Å². The van der Waals surface area contributed by atoms with Crippen LogP contribution in [0.25, 0.3) is 0 Å². The van der Waals surface area contributed by atoms with Crippen molar-refractivity contribution in [3.63, 3.8) is 0 Å². The Hall–Kier alpha value is -1.25. The van der Waals surface area contributed by atoms with Gasteiger partial charge < -0.3 is 4.74 Å². The predicted molar refractivity (Wildman–Crippen MR) is 108 cm³/mol. The van der Waals surface area contributed by atoms with Crippen LogP contribution in [0.1, 0.15) is 47.1 Å². The molecule has 0 aliphatic heterocycles. The Bertz CT molecular complexity index is 629. The van der Waals surface area contributed by atoms with Crippen molar-refractivity contribution < 1.29 is 9.53 Å². The summed E-state index contributed by atoms with van der Waals surface area (Å²) in [5.74, 6) is 3.33. The van der Waals surface area contributed by atoms with Crippen LogP contribution in [0.4, 0.5) is 10.5 Å². The summed E-state index contributed by atoms with van der Waals surface area (Å²) in [5.41, 5.74) is 4.63. The highest BCUT2D eigenvalue weighted by molar-refractivity contribution is 9.10. The fraction of sp³-hybridized carbons (Fsp3) is 0.526. The van der Waals surface area contributed by atoms with E-state index in [1.165, 1.54) is 18.1 Å². The van der Waals surface area contributed by atoms with Gasteiger partial charge in [-0.05, 0) is 57.1 Å². The van der Waals surface area contributed by atoms with Gasteiger partial charge in [-0.2, -0.15) is 0 Å². The molecule has 0 atom stereocenters. The standard InChI is InChI=1S/C19H28BrNO2Si/c1-7-24(8-2,9-3)11-10-15-12-16(20)14-17(13-15)21-18(22)23-19(4,5)6/h12-14H,7-9H2,1-6H3,(H,21,22). The van der Waals surface area contributed by atoms with Crippen molar-refractivity contribution in [2.45, 2.75) is 65.3 Å². The molecule has 0 radical (unpaired) electrons. The van der Waals surface area contributed by atoms with E-state index in [0.717, 1.165) is 10.0 Å². The van der Waals surface area contributed by atoms with Crippen LogP contribution in [0.5, 0.6) is 0 Å². The molecule has 0 saturated carbocycles. The number of hydrogen-bond acceptors (Lipinski definition) is 2. The van der Waals surface area contributed by atoms with E-state index in [4.69, 9.17) is 4.74 Å². The normalized spacial score (nSPS) is 11.5. The summed E-state index contributed by atoms with van der Waals surface area (Å²) in [6, 6.07) is 9.23. The first-order valence-corrected chi connectivity index (χ1v) is 11.9. The molecule has 1 amide bonds. The van der Waals surface area contributed by atoms with Crippen LogP contribution in [-0.2, 0) is 4.74 Å². The lowest BCUT2D eigenvalue weighted by Gasteiger charge is -2.20. The summed E-state index contributed by atoms with van der Waals surface area (Å²) in [4.78, 5) is 11.9. The van der Waals surface area contributed by atoms with E-state index >= 15 is 0 Å². The zero-order valence-corrected chi connectivity index (χ0v) is 18.1. The highest BCUT2D eigenvalue weighted by Gasteiger charge is 2.24. The Balaban J connectivity index is 3.01. The Morgan fingerprint density at radius 2 is 1.75 bits per heavy atom. The first-order valence-electron chi connectivity index (χ1n) is 8.47. The molecule has 1 aromatic carbocycles. The maximum Gasteiger partial charge on any atom is 0.412 e. The Morgan fingerprint density at radius 1 is 1.17 bits per heavy atom. The number of nitrogens with one attached hydrogen (secondary N) is 1. The molecule has 0 unspecified atom stereocenters. The van der Waals surface area contributed by atoms with Crippen LogP contribution in [0.3, 0.4) is 0 Å². The van der Waals surface area contributed by atoms with Gasteiger partial charge in [-0.15, -0.1) is 5.54 Å². The summed E-state index contributed by atoms with van der Waals surface area (Å²) >= 11 is 3.49. The van der Waals surface area contributed by atoms with Crippen LogP contribution < -0.4 is 5.32 Å². The van der Waals surface area contributed by atoms with Gasteiger partial charge in [0.05, 0.1) is 0 Å². The quantitative estimate of drug-likeness (QED) is 0.474. The molecule has 0 saturated heterocycles. The highest BCUT2D eigenvalue weighted by atomic mass is 79.9. The van der Waals surface area contributed by atoms with Crippen LogP contribution in [0.2, 0.25) is 18.1 Å². The largest absolute Gasteiger partial charge is 0.444 e. The summed E-state index contributed by atoms with van der Waals surface area (Å²) in [5, 5.41) is 2.77. The minimum absolute atomic E-state index is 0.459. The monoisotopic (exact) mass is 409 g/mol. The zero-order valence-electron chi connectivity index (χ0n) is 15.5. The zero-order chi connectivity index (χ0) is 18.4. The molecule has 24 heavy (non-hydrogen) atoms. The van der Waals surface area contributed by atoms with Gasteiger partial charge in [-0.1, -0.05) is 42.6 Å². The molecule has 0 heterocycles. The van der Waals surface area contributed by atoms with Crippen molar-refractivity contribution in [2.75, 3.05) is 5.32 Å². The maximum absolute atomic E-state index is 11.9. The molecule has 5 heteroatoms. The molecular weight excluding hydrogens is 382 g/mol. The van der Waals surface area contributed by atoms with Crippen molar-refractivity contribution in [3.8, 4) is 11.5 Å². The number of benzene rings is 1. The Labute approximate surface area is 155 Å². The number of anilines is 1. The minimum Gasteiger partial charge on any atom is -0.444 e. The summed E-state index contributed by atoms with van der Waals surface area (Å²) in [6.45, 7) is 12.2. The van der Waals surface area contributed by atoms with Gasteiger partial charge in [0.2, 0.25) is 0 Å². The molecule has 1 rings (SSSR count). The van der Waals surface area contributed by atoms with Gasteiger partial charge in [0.15, 0.2) is 0 Å². The van der Waals surface area contributed by atoms with E-state index < -0.39 is 19.8 Å². The van der Waals surface area contributed by atoms with Crippen molar-refractivity contribution in [1.29, 1.82) is 0 Å². The summed E-state index contributed by atoms with van der Waals surface area (Å²) in [7, 11) is -1.49. The average Bonchev–Trinajstić information content (AvgIpc) is 2.46. The Morgan fingerprint density at radius 3 is 2.25 bits per heavy atom. The molecule has 0 aromatic heterocycles. The summed E-state index contributed by atoms with van der Waals surface area (Å²) in [6.07, 6.45) is -0.459. The molecule has 3 nitrogen and oxygen atoms in total. The third-order valence-electron chi connectivity index (χ3n) is 4.05. The number of hydrogen-bond donors (Lipinski definition) is 1. The topological polar surface area (TPSA) is 38.3 Å². The number of halogens is 1. The lowest BCUT2D eigenvalue weighted by atomic mass is 10.2. The van der Waals surface area contributed by atoms with Crippen LogP contribution in [0, 0.1) is 11.5 Å². The fourth-order valence-electron chi connectivity index (χ4n) is 2.38. The maximum atomic E-state index is 11.9. The third-order valence-corrected chi connectivity index (χ3v) is 9.22. The number of carbonyl (C=O) groups is 1. The van der Waals surface area contributed by atoms with Gasteiger partial charge >= 0.3 is 6.09 Å². The second kappa shape index (κ2) is 8.73. The number of amides is 1. The third kappa shape index (κ3) is 6.70. The van der Waals surface area contributed by atoms with Crippen molar-refractivity contribution in [2.24, 2.45) is 0 Å². The number of carbonyl (C=O) groups excluding carboxylic acids is 1. The van der Waals surface area contributed by atoms with E-state index in [1.807, 2.05) is 39.0 Å². The lowest BCUT2D eigenvalue weighted by Crippen LogP contribution is -2.29. The molecule has 1 N–H and O–H groups in total. The van der Waals surface area contributed by atoms with Gasteiger partial charge in [-0.3, -0.25) is 5.32 Å². The molecule has 0 fully saturated rings. The average molecular weight is 410 g/mol. The van der Waals surface area contributed by atoms with Crippen molar-refractivity contribution in [3.05, 3.63) is 28.2 Å². The smallest absolute Gasteiger partial charge is 0.412 e. The molecule has 1 aromatic rings. The first kappa shape index (κ1) is 20.8. The molecule has 0 spiro atoms. The van der Waals surface area contributed by atoms with E-state index in [9.17, 15) is 4.79 Å². The first-order chi connectivity index (χ1) is 11.1. The van der Waals surface area contributed by atoms with E-state index in [0.29, 0.717) is 5.69 Å². The van der Waals surface area contributed by atoms with Crippen LogP contribution >= 0.6 is 15.9 Å². The fourth-order valence-corrected chi connectivity index (χ4v) is 5.31. The SMILES string of the molecule is CC[Si](C#Cc1cc(Br)cc(NC(=O)OC(C)(C)C)c1)(CC)CC. The summed E-state index contributed by atoms with van der Waals surface area (Å²) < 4.78 is 6.18. The van der Waals surface area contributed by atoms with Crippen molar-refractivity contribution >= 4 is 35.8 Å². The lowest BCUT2D eigenvalue weighted by molar-refractivity contribution is 0.0636. The van der Waals surface area contributed by atoms with Gasteiger partial charge in [0.25, 0.3) is 0 Å². The highest BCUT2D eigenvalue weighted by Crippen LogP contribution is 2.22. The second-order valence-corrected chi connectivity index (χ2v) is 12.8. The van der Waals surface area contributed by atoms with E-state index in [2.05, 4.69) is 53.5 Å². The molecule has 132 valence electrons. The molecule has 0 aliphatic rings. The second-order valence-electron chi connectivity index (χ2n) is 6.95. The van der Waals surface area contributed by atoms with Gasteiger partial charge in [-0.25, -0.2) is 4.79 Å². The Kier molecular flexibility index (Phi) is 7.56. The van der Waals surface area contributed by atoms with Crippen LogP contribution in [-0.4, -0.2) is 19.8 Å². The molecule has 0 aliphatic carbocycles. The number of rotatable bonds is 4. The van der Waals surface area contributed by atoms with Gasteiger partial charge in [0, 0.05) is 15.7 Å². The van der Waals surface area contributed by atoms with Crippen LogP contribution in [0.15, 0.2) is 22.7 Å². The van der Waals surface area contributed by atoms with E-state index in [1.54, 1.807) is 0 Å². The van der Waals surface area contributed by atoms with Crippen molar-refractivity contribution in [1.82, 2.24) is 0 Å². The molecular formula is C19H28BrNO2Si.